The lowest BCUT2D eigenvalue weighted by molar-refractivity contribution is 0.106. The lowest BCUT2D eigenvalue weighted by Crippen LogP contribution is -2.42. The first-order valence-corrected chi connectivity index (χ1v) is 9.64. The monoisotopic (exact) mass is 326 g/mol. The molecule has 2 N–H and O–H groups in total. The first-order chi connectivity index (χ1) is 11.7. The number of aromatic amines is 1. The number of nitrogens with zero attached hydrogens (tertiary/aromatic N) is 2. The van der Waals surface area contributed by atoms with E-state index < -0.39 is 0 Å². The van der Waals surface area contributed by atoms with Crippen molar-refractivity contribution in [2.24, 2.45) is 5.92 Å². The number of fused-ring (bicyclic) bond motifs is 1. The molecule has 2 saturated heterocycles. The summed E-state index contributed by atoms with van der Waals surface area (Å²) < 4.78 is 0. The average molecular weight is 326 g/mol. The summed E-state index contributed by atoms with van der Waals surface area (Å²) >= 11 is 0. The van der Waals surface area contributed by atoms with Gasteiger partial charge >= 0.3 is 0 Å². The van der Waals surface area contributed by atoms with E-state index in [4.69, 9.17) is 0 Å². The zero-order valence-corrected chi connectivity index (χ0v) is 15.0. The zero-order chi connectivity index (χ0) is 16.5. The molecule has 4 heterocycles. The van der Waals surface area contributed by atoms with Crippen molar-refractivity contribution in [2.75, 3.05) is 19.6 Å². The van der Waals surface area contributed by atoms with Gasteiger partial charge in [-0.25, -0.2) is 4.98 Å². The van der Waals surface area contributed by atoms with Gasteiger partial charge in [0.15, 0.2) is 0 Å². The van der Waals surface area contributed by atoms with Gasteiger partial charge in [0.2, 0.25) is 0 Å². The van der Waals surface area contributed by atoms with Gasteiger partial charge in [0, 0.05) is 35.8 Å². The smallest absolute Gasteiger partial charge is 0.137 e. The third kappa shape index (κ3) is 2.98. The van der Waals surface area contributed by atoms with Crippen molar-refractivity contribution in [3.8, 4) is 0 Å². The summed E-state index contributed by atoms with van der Waals surface area (Å²) in [5, 5.41) is 4.82. The molecule has 0 radical (unpaired) electrons. The van der Waals surface area contributed by atoms with Crippen molar-refractivity contribution in [1.29, 1.82) is 0 Å². The fourth-order valence-electron chi connectivity index (χ4n) is 4.57. The van der Waals surface area contributed by atoms with Gasteiger partial charge in [-0.05, 0) is 75.9 Å². The van der Waals surface area contributed by atoms with Crippen LogP contribution in [0.15, 0.2) is 18.3 Å². The number of H-pyrrole nitrogens is 1. The Kier molecular flexibility index (Phi) is 4.59. The first-order valence-electron chi connectivity index (χ1n) is 9.64. The molecule has 0 aliphatic carbocycles. The molecule has 2 fully saturated rings. The van der Waals surface area contributed by atoms with Crippen LogP contribution in [-0.4, -0.2) is 40.5 Å². The average Bonchev–Trinajstić information content (AvgIpc) is 2.98. The summed E-state index contributed by atoms with van der Waals surface area (Å²) in [5.41, 5.74) is 4.03. The number of hydrogen-bond donors (Lipinski definition) is 2. The maximum atomic E-state index is 4.59. The van der Waals surface area contributed by atoms with Crippen molar-refractivity contribution >= 4 is 11.0 Å². The van der Waals surface area contributed by atoms with E-state index in [1.165, 1.54) is 48.9 Å². The zero-order valence-electron chi connectivity index (χ0n) is 15.0. The van der Waals surface area contributed by atoms with Crippen LogP contribution in [0.3, 0.4) is 0 Å². The number of piperidine rings is 2. The highest BCUT2D eigenvalue weighted by molar-refractivity contribution is 5.81. The summed E-state index contributed by atoms with van der Waals surface area (Å²) in [6.07, 6.45) is 7.06. The summed E-state index contributed by atoms with van der Waals surface area (Å²) in [6.45, 7) is 9.36. The van der Waals surface area contributed by atoms with Crippen molar-refractivity contribution in [3.63, 3.8) is 0 Å². The predicted molar refractivity (Wildman–Crippen MR) is 99.2 cm³/mol. The minimum absolute atomic E-state index is 0.646. The molecule has 2 aromatic heterocycles. The van der Waals surface area contributed by atoms with E-state index in [2.05, 4.69) is 46.2 Å². The quantitative estimate of drug-likeness (QED) is 0.905. The van der Waals surface area contributed by atoms with Crippen LogP contribution in [0, 0.1) is 5.92 Å². The van der Waals surface area contributed by atoms with E-state index in [0.717, 1.165) is 31.2 Å². The van der Waals surface area contributed by atoms with Gasteiger partial charge in [-0.1, -0.05) is 6.92 Å². The lowest BCUT2D eigenvalue weighted by atomic mass is 9.89. The van der Waals surface area contributed by atoms with E-state index in [1.807, 2.05) is 6.20 Å². The molecule has 2 aromatic rings. The van der Waals surface area contributed by atoms with Crippen molar-refractivity contribution < 1.29 is 0 Å². The SMILES string of the molecule is C[C@@H]1[C@@H](C)CCCN1Cc1c(C2CCNCC2)[nH]c2ncccc12. The van der Waals surface area contributed by atoms with E-state index in [0.29, 0.717) is 12.0 Å². The van der Waals surface area contributed by atoms with Gasteiger partial charge in [-0.3, -0.25) is 4.90 Å². The number of nitrogens with one attached hydrogen (secondary N) is 2. The third-order valence-corrected chi connectivity index (χ3v) is 6.32. The molecule has 0 saturated carbocycles. The Labute approximate surface area is 145 Å². The molecular formula is C20H30N4. The largest absolute Gasteiger partial charge is 0.343 e. The van der Waals surface area contributed by atoms with Crippen molar-refractivity contribution in [3.05, 3.63) is 29.6 Å². The molecule has 0 bridgehead atoms. The first kappa shape index (κ1) is 16.1. The summed E-state index contributed by atoms with van der Waals surface area (Å²) in [6, 6.07) is 4.99. The fraction of sp³-hybridized carbons (Fsp3) is 0.650. The summed E-state index contributed by atoms with van der Waals surface area (Å²) in [4.78, 5) is 11.0. The second-order valence-corrected chi connectivity index (χ2v) is 7.77. The molecule has 2 aliphatic rings. The predicted octanol–water partition coefficient (Wildman–Crippen LogP) is 3.65. The Morgan fingerprint density at radius 2 is 2.04 bits per heavy atom. The highest BCUT2D eigenvalue weighted by Crippen LogP contribution is 2.34. The standard InChI is InChI=1S/C20H30N4/c1-14-5-4-12-24(15(14)2)13-18-17-6-3-9-22-20(17)23-19(18)16-7-10-21-11-8-16/h3,6,9,14-16,21H,4-5,7-8,10-13H2,1-2H3,(H,22,23)/t14-,15+/m0/s1. The Hall–Kier alpha value is -1.39. The summed E-state index contributed by atoms with van der Waals surface area (Å²) in [7, 11) is 0. The van der Waals surface area contributed by atoms with Crippen LogP contribution in [-0.2, 0) is 6.54 Å². The van der Waals surface area contributed by atoms with Crippen LogP contribution in [0.1, 0.15) is 56.7 Å². The van der Waals surface area contributed by atoms with E-state index >= 15 is 0 Å². The highest BCUT2D eigenvalue weighted by Gasteiger charge is 2.28. The molecule has 4 nitrogen and oxygen atoms in total. The fourth-order valence-corrected chi connectivity index (χ4v) is 4.57. The van der Waals surface area contributed by atoms with E-state index in [9.17, 15) is 0 Å². The minimum atomic E-state index is 0.646. The van der Waals surface area contributed by atoms with Gasteiger partial charge < -0.3 is 10.3 Å². The van der Waals surface area contributed by atoms with Gasteiger partial charge in [0.1, 0.15) is 5.65 Å². The van der Waals surface area contributed by atoms with Crippen molar-refractivity contribution in [2.45, 2.75) is 58.0 Å². The number of hydrogen-bond acceptors (Lipinski definition) is 3. The molecule has 2 aliphatic heterocycles. The van der Waals surface area contributed by atoms with Crippen LogP contribution in [0.5, 0.6) is 0 Å². The van der Waals surface area contributed by atoms with E-state index in [-0.39, 0.29) is 0 Å². The lowest BCUT2D eigenvalue weighted by Gasteiger charge is -2.38. The topological polar surface area (TPSA) is 44.0 Å². The Morgan fingerprint density at radius 3 is 2.88 bits per heavy atom. The Morgan fingerprint density at radius 1 is 1.21 bits per heavy atom. The Balaban J connectivity index is 1.69. The maximum absolute atomic E-state index is 4.59. The van der Waals surface area contributed by atoms with Crippen LogP contribution >= 0.6 is 0 Å². The number of aromatic nitrogens is 2. The van der Waals surface area contributed by atoms with Crippen LogP contribution in [0.2, 0.25) is 0 Å². The molecule has 4 rings (SSSR count). The highest BCUT2D eigenvalue weighted by atomic mass is 15.2. The van der Waals surface area contributed by atoms with Crippen molar-refractivity contribution in [1.82, 2.24) is 20.2 Å². The van der Waals surface area contributed by atoms with Crippen LogP contribution in [0.4, 0.5) is 0 Å². The van der Waals surface area contributed by atoms with Crippen LogP contribution < -0.4 is 5.32 Å². The second-order valence-electron chi connectivity index (χ2n) is 7.77. The normalized spacial score (nSPS) is 26.9. The maximum Gasteiger partial charge on any atom is 0.137 e. The molecule has 24 heavy (non-hydrogen) atoms. The number of pyridine rings is 1. The molecule has 2 atom stereocenters. The van der Waals surface area contributed by atoms with Crippen LogP contribution in [0.25, 0.3) is 11.0 Å². The Bertz CT molecular complexity index is 686. The molecular weight excluding hydrogens is 296 g/mol. The van der Waals surface area contributed by atoms with Gasteiger partial charge in [0.05, 0.1) is 0 Å². The second kappa shape index (κ2) is 6.85. The van der Waals surface area contributed by atoms with Gasteiger partial charge in [-0.2, -0.15) is 0 Å². The van der Waals surface area contributed by atoms with E-state index in [1.54, 1.807) is 0 Å². The molecule has 4 heteroatoms. The molecule has 0 amide bonds. The summed E-state index contributed by atoms with van der Waals surface area (Å²) in [5.74, 6) is 1.44. The molecule has 0 aromatic carbocycles. The molecule has 0 spiro atoms. The number of rotatable bonds is 3. The van der Waals surface area contributed by atoms with Gasteiger partial charge in [-0.15, -0.1) is 0 Å². The number of likely N-dealkylation sites (tertiary alicyclic amines) is 1. The minimum Gasteiger partial charge on any atom is -0.343 e. The molecule has 0 unspecified atom stereocenters. The molecule has 130 valence electrons. The third-order valence-electron chi connectivity index (χ3n) is 6.32. The van der Waals surface area contributed by atoms with Gasteiger partial charge in [0.25, 0.3) is 0 Å².